The Morgan fingerprint density at radius 1 is 1.14 bits per heavy atom. The maximum absolute atomic E-state index is 13.0. The van der Waals surface area contributed by atoms with Crippen molar-refractivity contribution in [3.05, 3.63) is 35.8 Å². The van der Waals surface area contributed by atoms with E-state index in [1.807, 2.05) is 41.5 Å². The Labute approximate surface area is 209 Å². The van der Waals surface area contributed by atoms with Gasteiger partial charge in [-0.1, -0.05) is 0 Å². The molecule has 1 aliphatic heterocycles. The van der Waals surface area contributed by atoms with Crippen molar-refractivity contribution in [3.63, 3.8) is 0 Å². The number of anilines is 2. The van der Waals surface area contributed by atoms with E-state index in [1.54, 1.807) is 33.8 Å². The summed E-state index contributed by atoms with van der Waals surface area (Å²) in [5.74, 6) is 1.21. The summed E-state index contributed by atoms with van der Waals surface area (Å²) in [5.41, 5.74) is 0.507. The Hall–Kier alpha value is -3.96. The molecule has 1 aliphatic rings. The Kier molecular flexibility index (Phi) is 6.95. The summed E-state index contributed by atoms with van der Waals surface area (Å²) in [4.78, 5) is 37.9. The zero-order valence-corrected chi connectivity index (χ0v) is 21.5. The first-order valence-corrected chi connectivity index (χ1v) is 11.9. The first-order valence-electron chi connectivity index (χ1n) is 11.9. The number of amides is 2. The van der Waals surface area contributed by atoms with Gasteiger partial charge in [-0.15, -0.1) is 10.2 Å². The normalized spacial score (nSPS) is 16.2. The SMILES string of the molecule is CCOc1nc2nc(C)cn2cc1C(=O)Nc1ccc(N2CCN(C(=O)OC(C)(C)C)[C@@H](C)C2)nn1. The van der Waals surface area contributed by atoms with Crippen LogP contribution in [-0.4, -0.2) is 79.4 Å². The van der Waals surface area contributed by atoms with Crippen molar-refractivity contribution < 1.29 is 19.1 Å². The summed E-state index contributed by atoms with van der Waals surface area (Å²) in [6, 6.07) is 3.43. The van der Waals surface area contributed by atoms with Gasteiger partial charge in [-0.2, -0.15) is 4.98 Å². The van der Waals surface area contributed by atoms with E-state index in [0.717, 1.165) is 5.69 Å². The smallest absolute Gasteiger partial charge is 0.410 e. The third-order valence-electron chi connectivity index (χ3n) is 5.53. The third-order valence-corrected chi connectivity index (χ3v) is 5.53. The van der Waals surface area contributed by atoms with Crippen molar-refractivity contribution in [2.45, 2.75) is 53.2 Å². The standard InChI is InChI=1S/C24H32N8O4/c1-7-35-21-17(14-31-12-15(2)25-22(31)27-21)20(33)26-18-8-9-19(29-28-18)30-10-11-32(16(3)13-30)23(34)36-24(4,5)6/h8-9,12,14,16H,7,10-11,13H2,1-6H3,(H,26,28,33)/t16-/m0/s1. The van der Waals surface area contributed by atoms with Crippen LogP contribution >= 0.6 is 0 Å². The molecule has 1 N–H and O–H groups in total. The first-order chi connectivity index (χ1) is 17.0. The first kappa shape index (κ1) is 25.1. The molecule has 0 aromatic carbocycles. The van der Waals surface area contributed by atoms with Crippen molar-refractivity contribution in [2.24, 2.45) is 0 Å². The second-order valence-electron chi connectivity index (χ2n) is 9.68. The Balaban J connectivity index is 1.42. The predicted octanol–water partition coefficient (Wildman–Crippen LogP) is 2.92. The van der Waals surface area contributed by atoms with E-state index < -0.39 is 11.5 Å². The van der Waals surface area contributed by atoms with Gasteiger partial charge in [0.2, 0.25) is 11.7 Å². The Bertz CT molecular complexity index is 1250. The maximum atomic E-state index is 13.0. The molecule has 0 aliphatic carbocycles. The number of ether oxygens (including phenoxy) is 2. The van der Waals surface area contributed by atoms with Crippen molar-refractivity contribution in [1.29, 1.82) is 0 Å². The average Bonchev–Trinajstić information content (AvgIpc) is 3.16. The van der Waals surface area contributed by atoms with E-state index in [1.165, 1.54) is 0 Å². The number of rotatable bonds is 5. The molecular formula is C24H32N8O4. The van der Waals surface area contributed by atoms with Crippen molar-refractivity contribution in [2.75, 3.05) is 36.5 Å². The van der Waals surface area contributed by atoms with Gasteiger partial charge in [0, 0.05) is 38.1 Å². The molecule has 3 aromatic heterocycles. The van der Waals surface area contributed by atoms with Gasteiger partial charge in [-0.3, -0.25) is 9.20 Å². The van der Waals surface area contributed by atoms with Gasteiger partial charge in [0.1, 0.15) is 11.2 Å². The van der Waals surface area contributed by atoms with E-state index in [2.05, 4.69) is 30.4 Å². The summed E-state index contributed by atoms with van der Waals surface area (Å²) in [7, 11) is 0. The molecule has 12 nitrogen and oxygen atoms in total. The van der Waals surface area contributed by atoms with Gasteiger partial charge in [-0.05, 0) is 53.7 Å². The summed E-state index contributed by atoms with van der Waals surface area (Å²) in [5, 5.41) is 11.2. The summed E-state index contributed by atoms with van der Waals surface area (Å²) >= 11 is 0. The van der Waals surface area contributed by atoms with E-state index in [0.29, 0.717) is 43.7 Å². The van der Waals surface area contributed by atoms with E-state index in [9.17, 15) is 9.59 Å². The van der Waals surface area contributed by atoms with Crippen LogP contribution in [0, 0.1) is 6.92 Å². The molecule has 0 bridgehead atoms. The number of aryl methyl sites for hydroxylation is 1. The van der Waals surface area contributed by atoms with Gasteiger partial charge in [0.05, 0.1) is 12.3 Å². The highest BCUT2D eigenvalue weighted by Gasteiger charge is 2.31. The molecule has 1 atom stereocenters. The number of hydrogen-bond acceptors (Lipinski definition) is 9. The molecule has 4 rings (SSSR count). The van der Waals surface area contributed by atoms with Crippen LogP contribution in [0.3, 0.4) is 0 Å². The molecule has 192 valence electrons. The highest BCUT2D eigenvalue weighted by atomic mass is 16.6. The van der Waals surface area contributed by atoms with Gasteiger partial charge >= 0.3 is 6.09 Å². The zero-order valence-electron chi connectivity index (χ0n) is 21.5. The Morgan fingerprint density at radius 2 is 1.92 bits per heavy atom. The molecule has 0 unspecified atom stereocenters. The molecule has 0 radical (unpaired) electrons. The molecule has 3 aromatic rings. The average molecular weight is 497 g/mol. The highest BCUT2D eigenvalue weighted by molar-refractivity contribution is 6.05. The fraction of sp³-hybridized carbons (Fsp3) is 0.500. The van der Waals surface area contributed by atoms with E-state index >= 15 is 0 Å². The van der Waals surface area contributed by atoms with Crippen LogP contribution in [0.25, 0.3) is 5.78 Å². The minimum absolute atomic E-state index is 0.0546. The lowest BCUT2D eigenvalue weighted by atomic mass is 10.2. The monoisotopic (exact) mass is 496 g/mol. The molecule has 0 spiro atoms. The summed E-state index contributed by atoms with van der Waals surface area (Å²) in [6.07, 6.45) is 3.10. The van der Waals surface area contributed by atoms with Crippen LogP contribution < -0.4 is 15.0 Å². The van der Waals surface area contributed by atoms with Gasteiger partial charge in [0.25, 0.3) is 5.91 Å². The zero-order chi connectivity index (χ0) is 26.0. The Morgan fingerprint density at radius 3 is 2.56 bits per heavy atom. The molecule has 0 saturated carbocycles. The van der Waals surface area contributed by atoms with Crippen LogP contribution in [0.5, 0.6) is 5.88 Å². The third kappa shape index (κ3) is 5.64. The van der Waals surface area contributed by atoms with Crippen molar-refractivity contribution in [3.8, 4) is 5.88 Å². The van der Waals surface area contributed by atoms with Crippen molar-refractivity contribution >= 4 is 29.4 Å². The van der Waals surface area contributed by atoms with Crippen LogP contribution in [0.2, 0.25) is 0 Å². The lowest BCUT2D eigenvalue weighted by Crippen LogP contribution is -2.55. The van der Waals surface area contributed by atoms with Gasteiger partial charge in [0.15, 0.2) is 11.6 Å². The fourth-order valence-corrected chi connectivity index (χ4v) is 3.93. The van der Waals surface area contributed by atoms with E-state index in [-0.39, 0.29) is 23.6 Å². The van der Waals surface area contributed by atoms with E-state index in [4.69, 9.17) is 9.47 Å². The van der Waals surface area contributed by atoms with Crippen molar-refractivity contribution in [1.82, 2.24) is 29.5 Å². The lowest BCUT2D eigenvalue weighted by molar-refractivity contribution is 0.0158. The highest BCUT2D eigenvalue weighted by Crippen LogP contribution is 2.22. The molecule has 2 amide bonds. The number of piperazine rings is 1. The lowest BCUT2D eigenvalue weighted by Gasteiger charge is -2.40. The topological polar surface area (TPSA) is 127 Å². The minimum Gasteiger partial charge on any atom is -0.477 e. The van der Waals surface area contributed by atoms with Crippen LogP contribution in [-0.2, 0) is 4.74 Å². The number of carbonyl (C=O) groups excluding carboxylic acids is 2. The molecule has 1 fully saturated rings. The van der Waals surface area contributed by atoms with Gasteiger partial charge in [-0.25, -0.2) is 9.78 Å². The summed E-state index contributed by atoms with van der Waals surface area (Å²) in [6.45, 7) is 13.3. The number of fused-ring (bicyclic) bond motifs is 1. The molecule has 4 heterocycles. The number of nitrogens with one attached hydrogen (secondary N) is 1. The second kappa shape index (κ2) is 9.96. The minimum atomic E-state index is -0.539. The quantitative estimate of drug-likeness (QED) is 0.567. The fourth-order valence-electron chi connectivity index (χ4n) is 3.93. The molecule has 12 heteroatoms. The predicted molar refractivity (Wildman–Crippen MR) is 133 cm³/mol. The molecular weight excluding hydrogens is 464 g/mol. The number of imidazole rings is 1. The molecule has 36 heavy (non-hydrogen) atoms. The van der Waals surface area contributed by atoms with Crippen LogP contribution in [0.1, 0.15) is 50.7 Å². The number of nitrogens with zero attached hydrogens (tertiary/aromatic N) is 7. The second-order valence-corrected chi connectivity index (χ2v) is 9.68. The van der Waals surface area contributed by atoms with Gasteiger partial charge < -0.3 is 24.6 Å². The largest absolute Gasteiger partial charge is 0.477 e. The summed E-state index contributed by atoms with van der Waals surface area (Å²) < 4.78 is 12.8. The number of hydrogen-bond donors (Lipinski definition) is 1. The molecule has 1 saturated heterocycles. The maximum Gasteiger partial charge on any atom is 0.410 e. The van der Waals surface area contributed by atoms with Crippen LogP contribution in [0.4, 0.5) is 16.4 Å². The van der Waals surface area contributed by atoms with Crippen LogP contribution in [0.15, 0.2) is 24.5 Å². The number of aromatic nitrogens is 5. The number of carbonyl (C=O) groups is 2.